The van der Waals surface area contributed by atoms with Crippen molar-refractivity contribution in [3.63, 3.8) is 0 Å². The highest BCUT2D eigenvalue weighted by Crippen LogP contribution is 2.39. The SMILES string of the molecule is Cc1ccc(S(=O)c2ccccc2C2C(=O)N(C(C)(C)C)Cc3ccccc32)cc1. The molecule has 0 spiro atoms. The van der Waals surface area contributed by atoms with Crippen LogP contribution in [0.4, 0.5) is 0 Å². The second kappa shape index (κ2) is 7.84. The van der Waals surface area contributed by atoms with E-state index in [0.717, 1.165) is 27.1 Å². The van der Waals surface area contributed by atoms with E-state index in [1.54, 1.807) is 0 Å². The number of fused-ring (bicyclic) bond motifs is 1. The van der Waals surface area contributed by atoms with Crippen LogP contribution in [0.2, 0.25) is 0 Å². The van der Waals surface area contributed by atoms with Crippen LogP contribution in [0.5, 0.6) is 0 Å². The molecule has 1 amide bonds. The van der Waals surface area contributed by atoms with Crippen LogP contribution in [-0.4, -0.2) is 20.6 Å². The van der Waals surface area contributed by atoms with E-state index in [4.69, 9.17) is 0 Å². The van der Waals surface area contributed by atoms with Crippen LogP contribution < -0.4 is 0 Å². The van der Waals surface area contributed by atoms with Gasteiger partial charge in [-0.1, -0.05) is 60.2 Å². The zero-order valence-corrected chi connectivity index (χ0v) is 18.7. The fourth-order valence-corrected chi connectivity index (χ4v) is 5.28. The maximum absolute atomic E-state index is 13.7. The molecule has 30 heavy (non-hydrogen) atoms. The standard InChI is InChI=1S/C26H27NO2S/c1-18-13-15-20(16-14-18)30(29)23-12-8-7-11-22(23)24-21-10-6-5-9-19(21)17-27(25(24)28)26(2,3)4/h5-16,24H,17H2,1-4H3. The summed E-state index contributed by atoms with van der Waals surface area (Å²) in [5.41, 5.74) is 3.81. The van der Waals surface area contributed by atoms with Gasteiger partial charge in [0.2, 0.25) is 5.91 Å². The highest BCUT2D eigenvalue weighted by atomic mass is 32.2. The number of hydrogen-bond acceptors (Lipinski definition) is 2. The summed E-state index contributed by atoms with van der Waals surface area (Å²) in [5.74, 6) is -0.394. The first-order valence-corrected chi connectivity index (χ1v) is 11.4. The topological polar surface area (TPSA) is 37.4 Å². The quantitative estimate of drug-likeness (QED) is 0.569. The number of rotatable bonds is 3. The van der Waals surface area contributed by atoms with Crippen LogP contribution >= 0.6 is 0 Å². The number of carbonyl (C=O) groups excluding carboxylic acids is 1. The molecule has 3 nitrogen and oxygen atoms in total. The van der Waals surface area contributed by atoms with Crippen LogP contribution in [0, 0.1) is 6.92 Å². The molecule has 154 valence electrons. The van der Waals surface area contributed by atoms with Gasteiger partial charge in [-0.05, 0) is 62.6 Å². The van der Waals surface area contributed by atoms with E-state index in [0.29, 0.717) is 11.4 Å². The monoisotopic (exact) mass is 417 g/mol. The number of carbonyl (C=O) groups is 1. The first-order chi connectivity index (χ1) is 14.3. The third kappa shape index (κ3) is 3.72. The number of amides is 1. The maximum atomic E-state index is 13.7. The van der Waals surface area contributed by atoms with Gasteiger partial charge in [-0.15, -0.1) is 0 Å². The Bertz CT molecular complexity index is 1110. The van der Waals surface area contributed by atoms with Crippen molar-refractivity contribution in [2.75, 3.05) is 0 Å². The molecule has 0 radical (unpaired) electrons. The lowest BCUT2D eigenvalue weighted by Crippen LogP contribution is -2.50. The summed E-state index contributed by atoms with van der Waals surface area (Å²) in [5, 5.41) is 0. The second-order valence-corrected chi connectivity index (χ2v) is 10.3. The summed E-state index contributed by atoms with van der Waals surface area (Å²) >= 11 is 0. The lowest BCUT2D eigenvalue weighted by molar-refractivity contribution is -0.138. The van der Waals surface area contributed by atoms with Gasteiger partial charge in [0.25, 0.3) is 0 Å². The van der Waals surface area contributed by atoms with Crippen molar-refractivity contribution in [1.29, 1.82) is 0 Å². The molecule has 1 aliphatic heterocycles. The molecule has 0 fully saturated rings. The van der Waals surface area contributed by atoms with Crippen molar-refractivity contribution >= 4 is 16.7 Å². The molecule has 1 aliphatic rings. The average Bonchev–Trinajstić information content (AvgIpc) is 2.73. The van der Waals surface area contributed by atoms with Crippen LogP contribution in [0.1, 0.15) is 48.9 Å². The summed E-state index contributed by atoms with van der Waals surface area (Å²) in [6, 6.07) is 23.5. The van der Waals surface area contributed by atoms with Crippen LogP contribution in [0.3, 0.4) is 0 Å². The zero-order chi connectivity index (χ0) is 21.5. The lowest BCUT2D eigenvalue weighted by atomic mass is 9.82. The van der Waals surface area contributed by atoms with E-state index in [1.165, 1.54) is 0 Å². The van der Waals surface area contributed by atoms with Crippen molar-refractivity contribution < 1.29 is 9.00 Å². The van der Waals surface area contributed by atoms with Crippen LogP contribution in [0.25, 0.3) is 0 Å². The van der Waals surface area contributed by atoms with Gasteiger partial charge in [0.05, 0.1) is 16.7 Å². The third-order valence-electron chi connectivity index (χ3n) is 5.68. The molecule has 3 aromatic rings. The Morgan fingerprint density at radius 1 is 0.867 bits per heavy atom. The summed E-state index contributed by atoms with van der Waals surface area (Å²) in [4.78, 5) is 17.1. The Kier molecular flexibility index (Phi) is 5.37. The Morgan fingerprint density at radius 3 is 2.13 bits per heavy atom. The second-order valence-electron chi connectivity index (χ2n) is 8.85. The Morgan fingerprint density at radius 2 is 1.47 bits per heavy atom. The van der Waals surface area contributed by atoms with Gasteiger partial charge in [-0.25, -0.2) is 4.21 Å². The molecule has 0 aromatic heterocycles. The van der Waals surface area contributed by atoms with Gasteiger partial charge in [-0.2, -0.15) is 0 Å². The molecule has 0 saturated heterocycles. The van der Waals surface area contributed by atoms with E-state index in [9.17, 15) is 9.00 Å². The van der Waals surface area contributed by atoms with Crippen molar-refractivity contribution in [1.82, 2.24) is 4.90 Å². The van der Waals surface area contributed by atoms with Crippen molar-refractivity contribution in [3.8, 4) is 0 Å². The lowest BCUT2D eigenvalue weighted by Gasteiger charge is -2.42. The van der Waals surface area contributed by atoms with Crippen LogP contribution in [-0.2, 0) is 22.1 Å². The number of benzene rings is 3. The van der Waals surface area contributed by atoms with Gasteiger partial charge in [0.15, 0.2) is 0 Å². The van der Waals surface area contributed by atoms with Gasteiger partial charge in [-0.3, -0.25) is 4.79 Å². The molecule has 2 atom stereocenters. The largest absolute Gasteiger partial charge is 0.333 e. The highest BCUT2D eigenvalue weighted by Gasteiger charge is 2.40. The van der Waals surface area contributed by atoms with E-state index < -0.39 is 16.7 Å². The summed E-state index contributed by atoms with van der Waals surface area (Å²) in [7, 11) is -1.36. The molecular weight excluding hydrogens is 390 g/mol. The molecular formula is C26H27NO2S. The molecule has 4 rings (SSSR count). The first-order valence-electron chi connectivity index (χ1n) is 10.2. The maximum Gasteiger partial charge on any atom is 0.235 e. The summed E-state index contributed by atoms with van der Waals surface area (Å²) in [6.07, 6.45) is 0. The minimum Gasteiger partial charge on any atom is -0.333 e. The Balaban J connectivity index is 1.86. The highest BCUT2D eigenvalue weighted by molar-refractivity contribution is 7.85. The Labute approximate surface area is 181 Å². The normalized spacial score (nSPS) is 17.5. The van der Waals surface area contributed by atoms with Crippen molar-refractivity contribution in [3.05, 3.63) is 95.1 Å². The number of nitrogens with zero attached hydrogens (tertiary/aromatic N) is 1. The van der Waals surface area contributed by atoms with E-state index in [-0.39, 0.29) is 11.4 Å². The third-order valence-corrected chi connectivity index (χ3v) is 7.15. The Hall–Kier alpha value is -2.72. The summed E-state index contributed by atoms with van der Waals surface area (Å²) in [6.45, 7) is 8.79. The van der Waals surface area contributed by atoms with E-state index in [1.807, 2.05) is 78.6 Å². The predicted octanol–water partition coefficient (Wildman–Crippen LogP) is 5.43. The van der Waals surface area contributed by atoms with Gasteiger partial charge in [0.1, 0.15) is 0 Å². The van der Waals surface area contributed by atoms with E-state index in [2.05, 4.69) is 26.8 Å². The zero-order valence-electron chi connectivity index (χ0n) is 17.9. The molecule has 0 bridgehead atoms. The smallest absolute Gasteiger partial charge is 0.235 e. The fourth-order valence-electron chi connectivity index (χ4n) is 4.04. The fraction of sp³-hybridized carbons (Fsp3) is 0.269. The van der Waals surface area contributed by atoms with Crippen molar-refractivity contribution in [2.24, 2.45) is 0 Å². The van der Waals surface area contributed by atoms with Gasteiger partial charge < -0.3 is 4.90 Å². The molecule has 0 aliphatic carbocycles. The first kappa shape index (κ1) is 20.5. The molecule has 3 aromatic carbocycles. The van der Waals surface area contributed by atoms with Crippen molar-refractivity contribution in [2.45, 2.75) is 55.5 Å². The molecule has 0 saturated carbocycles. The molecule has 2 unspecified atom stereocenters. The van der Waals surface area contributed by atoms with Gasteiger partial charge in [0, 0.05) is 21.9 Å². The summed E-state index contributed by atoms with van der Waals surface area (Å²) < 4.78 is 13.5. The predicted molar refractivity (Wildman–Crippen MR) is 121 cm³/mol. The number of hydrogen-bond donors (Lipinski definition) is 0. The minimum atomic E-state index is -1.36. The average molecular weight is 418 g/mol. The van der Waals surface area contributed by atoms with Crippen LogP contribution in [0.15, 0.2) is 82.6 Å². The molecule has 1 heterocycles. The molecule has 0 N–H and O–H groups in total. The minimum absolute atomic E-state index is 0.0644. The van der Waals surface area contributed by atoms with Gasteiger partial charge >= 0.3 is 0 Å². The van der Waals surface area contributed by atoms with E-state index >= 15 is 0 Å². The molecule has 4 heteroatoms. The number of aryl methyl sites for hydroxylation is 1.